The quantitative estimate of drug-likeness (QED) is 0.789. The highest BCUT2D eigenvalue weighted by Gasteiger charge is 2.18. The molecule has 0 saturated carbocycles. The van der Waals surface area contributed by atoms with Gasteiger partial charge in [-0.25, -0.2) is 4.98 Å². The number of aromatic nitrogens is 1. The van der Waals surface area contributed by atoms with E-state index in [1.807, 2.05) is 6.08 Å². The molecule has 0 saturated heterocycles. The molecule has 1 aliphatic carbocycles. The van der Waals surface area contributed by atoms with Crippen molar-refractivity contribution in [1.82, 2.24) is 4.98 Å². The van der Waals surface area contributed by atoms with Gasteiger partial charge in [0.15, 0.2) is 5.69 Å². The Kier molecular flexibility index (Phi) is 4.28. The van der Waals surface area contributed by atoms with Crippen LogP contribution in [0, 0.1) is 0 Å². The lowest BCUT2D eigenvalue weighted by molar-refractivity contribution is 0.103. The van der Waals surface area contributed by atoms with Crippen molar-refractivity contribution < 1.29 is 18.7 Å². The van der Waals surface area contributed by atoms with Crippen molar-refractivity contribution in [2.75, 3.05) is 14.2 Å². The molecule has 0 atom stereocenters. The third kappa shape index (κ3) is 3.18. The molecule has 0 spiro atoms. The average Bonchev–Trinajstić information content (AvgIpc) is 3.11. The van der Waals surface area contributed by atoms with Crippen LogP contribution in [0.1, 0.15) is 34.8 Å². The van der Waals surface area contributed by atoms with E-state index >= 15 is 0 Å². The summed E-state index contributed by atoms with van der Waals surface area (Å²) in [5, 5.41) is 0. The fourth-order valence-corrected chi connectivity index (χ4v) is 2.37. The number of methoxy groups -OCH3 is 2. The minimum atomic E-state index is -0.238. The summed E-state index contributed by atoms with van der Waals surface area (Å²) in [5.41, 5.74) is 1.60. The Labute approximate surface area is 134 Å². The van der Waals surface area contributed by atoms with Gasteiger partial charge in [-0.1, -0.05) is 18.2 Å². The van der Waals surface area contributed by atoms with E-state index < -0.39 is 0 Å². The summed E-state index contributed by atoms with van der Waals surface area (Å²) in [6.07, 6.45) is 9.41. The van der Waals surface area contributed by atoms with Gasteiger partial charge in [-0.3, -0.25) is 4.79 Å². The van der Waals surface area contributed by atoms with Crippen molar-refractivity contribution in [2.45, 2.75) is 12.8 Å². The molecule has 0 N–H and O–H groups in total. The number of carbonyl (C=O) groups is 1. The molecule has 2 aromatic rings. The van der Waals surface area contributed by atoms with Crippen LogP contribution in [0.25, 0.3) is 5.57 Å². The molecule has 5 nitrogen and oxygen atoms in total. The first-order valence-electron chi connectivity index (χ1n) is 7.31. The van der Waals surface area contributed by atoms with Crippen LogP contribution in [-0.2, 0) is 0 Å². The normalized spacial score (nSPS) is 13.6. The standard InChI is InChI=1S/C18H17NO4/c1-21-14-8-13(9-15(10-14)22-2)17(20)16-11-23-18(19-16)12-6-4-3-5-7-12/h4,6-11H,3,5H2,1-2H3. The minimum Gasteiger partial charge on any atom is -0.497 e. The fourth-order valence-electron chi connectivity index (χ4n) is 2.37. The first-order chi connectivity index (χ1) is 11.2. The average molecular weight is 311 g/mol. The maximum atomic E-state index is 12.6. The van der Waals surface area contributed by atoms with Gasteiger partial charge < -0.3 is 13.9 Å². The Morgan fingerprint density at radius 2 is 1.87 bits per heavy atom. The Bertz CT molecular complexity index is 764. The first kappa shape index (κ1) is 15.1. The molecule has 0 aliphatic heterocycles. The second kappa shape index (κ2) is 6.52. The highest BCUT2D eigenvalue weighted by Crippen LogP contribution is 2.25. The third-order valence-corrected chi connectivity index (χ3v) is 3.59. The molecule has 23 heavy (non-hydrogen) atoms. The predicted octanol–water partition coefficient (Wildman–Crippen LogP) is 3.66. The topological polar surface area (TPSA) is 61.6 Å². The van der Waals surface area contributed by atoms with Crippen LogP contribution >= 0.6 is 0 Å². The van der Waals surface area contributed by atoms with Gasteiger partial charge in [-0.05, 0) is 25.0 Å². The van der Waals surface area contributed by atoms with Gasteiger partial charge in [-0.15, -0.1) is 0 Å². The van der Waals surface area contributed by atoms with Gasteiger partial charge in [-0.2, -0.15) is 0 Å². The lowest BCUT2D eigenvalue weighted by atomic mass is 10.1. The number of nitrogens with zero attached hydrogens (tertiary/aromatic N) is 1. The third-order valence-electron chi connectivity index (χ3n) is 3.59. The van der Waals surface area contributed by atoms with Crippen LogP contribution in [0.4, 0.5) is 0 Å². The number of hydrogen-bond acceptors (Lipinski definition) is 5. The van der Waals surface area contributed by atoms with Crippen LogP contribution in [0.3, 0.4) is 0 Å². The van der Waals surface area contributed by atoms with E-state index in [2.05, 4.69) is 17.1 Å². The van der Waals surface area contributed by atoms with Crippen LogP contribution in [0.2, 0.25) is 0 Å². The molecule has 0 amide bonds. The summed E-state index contributed by atoms with van der Waals surface area (Å²) in [4.78, 5) is 16.9. The van der Waals surface area contributed by atoms with Crippen molar-refractivity contribution in [1.29, 1.82) is 0 Å². The molecule has 3 rings (SSSR count). The lowest BCUT2D eigenvalue weighted by Gasteiger charge is -2.06. The first-order valence-corrected chi connectivity index (χ1v) is 7.31. The van der Waals surface area contributed by atoms with E-state index in [-0.39, 0.29) is 11.5 Å². The molecule has 1 aromatic heterocycles. The zero-order valence-electron chi connectivity index (χ0n) is 13.0. The van der Waals surface area contributed by atoms with Crippen molar-refractivity contribution >= 4 is 11.4 Å². The highest BCUT2D eigenvalue weighted by molar-refractivity contribution is 6.08. The van der Waals surface area contributed by atoms with E-state index in [0.29, 0.717) is 23.0 Å². The van der Waals surface area contributed by atoms with E-state index in [1.165, 1.54) is 6.26 Å². The number of allylic oxidation sites excluding steroid dienone is 4. The van der Waals surface area contributed by atoms with Crippen molar-refractivity contribution in [3.05, 3.63) is 59.8 Å². The number of benzene rings is 1. The zero-order valence-corrected chi connectivity index (χ0v) is 13.0. The molecular formula is C18H17NO4. The molecule has 5 heteroatoms. The van der Waals surface area contributed by atoms with Gasteiger partial charge in [0.2, 0.25) is 11.7 Å². The van der Waals surface area contributed by atoms with Crippen LogP contribution in [0.5, 0.6) is 11.5 Å². The second-order valence-electron chi connectivity index (χ2n) is 5.11. The molecule has 0 unspecified atom stereocenters. The summed E-state index contributed by atoms with van der Waals surface area (Å²) in [7, 11) is 3.08. The number of rotatable bonds is 5. The summed E-state index contributed by atoms with van der Waals surface area (Å²) < 4.78 is 15.8. The Morgan fingerprint density at radius 3 is 2.48 bits per heavy atom. The van der Waals surface area contributed by atoms with Crippen LogP contribution < -0.4 is 9.47 Å². The summed E-state index contributed by atoms with van der Waals surface area (Å²) in [6.45, 7) is 0. The van der Waals surface area contributed by atoms with Crippen molar-refractivity contribution in [3.63, 3.8) is 0 Å². The van der Waals surface area contributed by atoms with Crippen molar-refractivity contribution in [2.24, 2.45) is 0 Å². The van der Waals surface area contributed by atoms with Gasteiger partial charge in [0.05, 0.1) is 14.2 Å². The molecule has 1 heterocycles. The second-order valence-corrected chi connectivity index (χ2v) is 5.11. The Morgan fingerprint density at radius 1 is 1.13 bits per heavy atom. The van der Waals surface area contributed by atoms with E-state index in [0.717, 1.165) is 18.4 Å². The van der Waals surface area contributed by atoms with Crippen LogP contribution in [-0.4, -0.2) is 25.0 Å². The van der Waals surface area contributed by atoms with Gasteiger partial charge >= 0.3 is 0 Å². The molecule has 0 bridgehead atoms. The van der Waals surface area contributed by atoms with Gasteiger partial charge in [0.1, 0.15) is 17.8 Å². The van der Waals surface area contributed by atoms with E-state index in [4.69, 9.17) is 13.9 Å². The molecule has 1 aliphatic rings. The predicted molar refractivity (Wildman–Crippen MR) is 85.8 cm³/mol. The molecule has 0 fully saturated rings. The summed E-state index contributed by atoms with van der Waals surface area (Å²) >= 11 is 0. The monoisotopic (exact) mass is 311 g/mol. The molecule has 0 radical (unpaired) electrons. The number of ether oxygens (including phenoxy) is 2. The largest absolute Gasteiger partial charge is 0.497 e. The molecule has 118 valence electrons. The Balaban J connectivity index is 1.90. The smallest absolute Gasteiger partial charge is 0.226 e. The van der Waals surface area contributed by atoms with E-state index in [9.17, 15) is 4.79 Å². The summed E-state index contributed by atoms with van der Waals surface area (Å²) in [5.74, 6) is 1.32. The number of ketones is 1. The van der Waals surface area contributed by atoms with Gasteiger partial charge in [0, 0.05) is 17.2 Å². The Hall–Kier alpha value is -2.82. The highest BCUT2D eigenvalue weighted by atomic mass is 16.5. The SMILES string of the molecule is COc1cc(OC)cc(C(=O)c2coc(C3=CCCC=C3)n2)c1. The van der Waals surface area contributed by atoms with Crippen molar-refractivity contribution in [3.8, 4) is 11.5 Å². The molecule has 1 aromatic carbocycles. The molecular weight excluding hydrogens is 294 g/mol. The van der Waals surface area contributed by atoms with E-state index in [1.54, 1.807) is 32.4 Å². The number of hydrogen-bond donors (Lipinski definition) is 0. The summed E-state index contributed by atoms with van der Waals surface area (Å²) in [6, 6.07) is 5.01. The lowest BCUT2D eigenvalue weighted by Crippen LogP contribution is -2.03. The fraction of sp³-hybridized carbons (Fsp3) is 0.222. The number of carbonyl (C=O) groups excluding carboxylic acids is 1. The zero-order chi connectivity index (χ0) is 16.2. The number of oxazole rings is 1. The maximum absolute atomic E-state index is 12.6. The maximum Gasteiger partial charge on any atom is 0.226 e. The minimum absolute atomic E-state index is 0.238. The van der Waals surface area contributed by atoms with Gasteiger partial charge in [0.25, 0.3) is 0 Å². The van der Waals surface area contributed by atoms with Crippen LogP contribution in [0.15, 0.2) is 47.1 Å².